The smallest absolute Gasteiger partial charge is 0.293 e. The third-order valence-electron chi connectivity index (χ3n) is 8.21. The van der Waals surface area contributed by atoms with Crippen molar-refractivity contribution in [3.8, 4) is 11.5 Å². The summed E-state index contributed by atoms with van der Waals surface area (Å²) >= 11 is 0. The number of nitro groups is 1. The van der Waals surface area contributed by atoms with Crippen LogP contribution in [0.5, 0.6) is 11.5 Å². The number of rotatable bonds is 10. The molecule has 6 rings (SSSR count). The number of amides is 1. The Balaban J connectivity index is 1.26. The van der Waals surface area contributed by atoms with Gasteiger partial charge in [-0.05, 0) is 68.1 Å². The number of likely N-dealkylation sites (tertiary alicyclic amines) is 1. The second kappa shape index (κ2) is 12.2. The molecule has 1 amide bonds. The van der Waals surface area contributed by atoms with Crippen molar-refractivity contribution >= 4 is 38.2 Å². The van der Waals surface area contributed by atoms with Crippen molar-refractivity contribution in [1.82, 2.24) is 14.9 Å². The van der Waals surface area contributed by atoms with Crippen molar-refractivity contribution in [2.24, 2.45) is 11.7 Å². The molecule has 2 fully saturated rings. The van der Waals surface area contributed by atoms with Gasteiger partial charge in [0.15, 0.2) is 5.75 Å². The monoisotopic (exact) mass is 620 g/mol. The van der Waals surface area contributed by atoms with Crippen LogP contribution in [0.2, 0.25) is 0 Å². The predicted octanol–water partition coefficient (Wildman–Crippen LogP) is 4.11. The van der Waals surface area contributed by atoms with E-state index in [1.54, 1.807) is 18.3 Å². The van der Waals surface area contributed by atoms with Gasteiger partial charge < -0.3 is 25.5 Å². The lowest BCUT2D eigenvalue weighted by Crippen LogP contribution is -2.38. The highest BCUT2D eigenvalue weighted by molar-refractivity contribution is 7.91. The molecular weight excluding hydrogens is 588 g/mol. The van der Waals surface area contributed by atoms with Crippen LogP contribution in [0.15, 0.2) is 70.7 Å². The van der Waals surface area contributed by atoms with Crippen LogP contribution in [0, 0.1) is 16.0 Å². The average molecular weight is 621 g/mol. The Labute approximate surface area is 253 Å². The Bertz CT molecular complexity index is 1820. The number of hydrogen-bond acceptors (Lipinski definition) is 10. The fraction of sp³-hybridized carbons (Fsp3) is 0.333. The van der Waals surface area contributed by atoms with E-state index < -0.39 is 20.7 Å². The summed E-state index contributed by atoms with van der Waals surface area (Å²) in [4.78, 5) is 32.7. The molecule has 0 saturated carbocycles. The fourth-order valence-electron chi connectivity index (χ4n) is 5.89. The van der Waals surface area contributed by atoms with Gasteiger partial charge in [0.05, 0.1) is 21.6 Å². The molecule has 230 valence electrons. The number of ether oxygens (including phenoxy) is 2. The molecule has 2 aromatic carbocycles. The van der Waals surface area contributed by atoms with E-state index in [0.29, 0.717) is 29.5 Å². The van der Waals surface area contributed by atoms with Crippen molar-refractivity contribution in [2.45, 2.75) is 35.1 Å². The average Bonchev–Trinajstić information content (AvgIpc) is 3.70. The number of aromatic amines is 1. The molecule has 0 unspecified atom stereocenters. The number of benzene rings is 2. The van der Waals surface area contributed by atoms with Gasteiger partial charge in [0.2, 0.25) is 9.84 Å². The molecule has 0 spiro atoms. The summed E-state index contributed by atoms with van der Waals surface area (Å²) in [5, 5.41) is 16.0. The number of nitrogens with zero attached hydrogens (tertiary/aromatic N) is 3. The minimum Gasteiger partial charge on any atom is -0.453 e. The third kappa shape index (κ3) is 5.96. The number of anilines is 1. The van der Waals surface area contributed by atoms with Crippen LogP contribution in [0.3, 0.4) is 0 Å². The zero-order valence-corrected chi connectivity index (χ0v) is 24.6. The van der Waals surface area contributed by atoms with Crippen LogP contribution in [-0.4, -0.2) is 73.0 Å². The first-order chi connectivity index (χ1) is 21.2. The molecule has 2 aliphatic heterocycles. The summed E-state index contributed by atoms with van der Waals surface area (Å²) in [6.07, 6.45) is 6.06. The van der Waals surface area contributed by atoms with Crippen LogP contribution >= 0.6 is 0 Å². The molecule has 0 radical (unpaired) electrons. The summed E-state index contributed by atoms with van der Waals surface area (Å²) in [6.45, 7) is 3.92. The molecule has 14 heteroatoms. The minimum atomic E-state index is -4.41. The van der Waals surface area contributed by atoms with E-state index in [0.717, 1.165) is 51.6 Å². The van der Waals surface area contributed by atoms with Gasteiger partial charge >= 0.3 is 0 Å². The van der Waals surface area contributed by atoms with E-state index in [9.17, 15) is 23.3 Å². The molecule has 2 aromatic heterocycles. The molecule has 2 aliphatic rings. The molecule has 44 heavy (non-hydrogen) atoms. The quantitative estimate of drug-likeness (QED) is 0.172. The number of pyridine rings is 1. The predicted molar refractivity (Wildman–Crippen MR) is 162 cm³/mol. The number of nitrogens with one attached hydrogen (secondary N) is 2. The van der Waals surface area contributed by atoms with Gasteiger partial charge in [-0.15, -0.1) is 0 Å². The number of sulfone groups is 1. The van der Waals surface area contributed by atoms with Crippen molar-refractivity contribution in [2.75, 3.05) is 38.2 Å². The first-order valence-corrected chi connectivity index (χ1v) is 15.8. The maximum Gasteiger partial charge on any atom is 0.293 e. The van der Waals surface area contributed by atoms with E-state index >= 15 is 0 Å². The second-order valence-electron chi connectivity index (χ2n) is 11.0. The van der Waals surface area contributed by atoms with Crippen LogP contribution in [0.4, 0.5) is 11.4 Å². The van der Waals surface area contributed by atoms with Gasteiger partial charge in [-0.3, -0.25) is 19.8 Å². The van der Waals surface area contributed by atoms with Crippen LogP contribution in [0.1, 0.15) is 29.6 Å². The van der Waals surface area contributed by atoms with Gasteiger partial charge in [-0.25, -0.2) is 13.4 Å². The van der Waals surface area contributed by atoms with Crippen LogP contribution < -0.4 is 15.8 Å². The Morgan fingerprint density at radius 3 is 2.77 bits per heavy atom. The van der Waals surface area contributed by atoms with E-state index in [2.05, 4.69) is 20.2 Å². The number of fused-ring (bicyclic) bond motifs is 1. The summed E-state index contributed by atoms with van der Waals surface area (Å²) in [6, 6.07) is 11.6. The van der Waals surface area contributed by atoms with E-state index in [-0.39, 0.29) is 38.2 Å². The van der Waals surface area contributed by atoms with Gasteiger partial charge in [0, 0.05) is 50.0 Å². The SMILES string of the molecule is NC(=O)c1cccc(S(=O)(=O)c2ccc(NC[C@H]3CCN(C4CCOCC4)C3)c([N+](=O)[O-])c2)c1Oc1cnc2[nH]ccc2c1. The molecule has 2 saturated heterocycles. The topological polar surface area (TPSA) is 183 Å². The number of primary amides is 1. The van der Waals surface area contributed by atoms with Crippen molar-refractivity contribution in [3.63, 3.8) is 0 Å². The zero-order chi connectivity index (χ0) is 30.8. The maximum atomic E-state index is 13.9. The maximum absolute atomic E-state index is 13.9. The zero-order valence-electron chi connectivity index (χ0n) is 23.8. The first kappa shape index (κ1) is 29.5. The van der Waals surface area contributed by atoms with Crippen LogP contribution in [-0.2, 0) is 14.6 Å². The molecule has 0 aliphatic carbocycles. The Morgan fingerprint density at radius 1 is 1.18 bits per heavy atom. The molecule has 4 aromatic rings. The second-order valence-corrected chi connectivity index (χ2v) is 12.9. The van der Waals surface area contributed by atoms with Crippen molar-refractivity contribution < 1.29 is 27.6 Å². The van der Waals surface area contributed by atoms with Crippen LogP contribution in [0.25, 0.3) is 11.0 Å². The molecule has 0 bridgehead atoms. The lowest BCUT2D eigenvalue weighted by atomic mass is 10.1. The lowest BCUT2D eigenvalue weighted by molar-refractivity contribution is -0.384. The number of hydrogen-bond donors (Lipinski definition) is 3. The summed E-state index contributed by atoms with van der Waals surface area (Å²) in [5.41, 5.74) is 5.86. The summed E-state index contributed by atoms with van der Waals surface area (Å²) in [7, 11) is -4.41. The highest BCUT2D eigenvalue weighted by Crippen LogP contribution is 2.38. The molecular formula is C30H32N6O7S. The molecule has 4 N–H and O–H groups in total. The van der Waals surface area contributed by atoms with E-state index in [1.165, 1.54) is 36.5 Å². The number of para-hydroxylation sites is 1. The number of aromatic nitrogens is 2. The van der Waals surface area contributed by atoms with Gasteiger partial charge in [-0.1, -0.05) is 6.07 Å². The molecule has 13 nitrogen and oxygen atoms in total. The van der Waals surface area contributed by atoms with Crippen molar-refractivity contribution in [3.05, 3.63) is 76.6 Å². The number of carbonyl (C=O) groups excluding carboxylic acids is 1. The van der Waals surface area contributed by atoms with Crippen molar-refractivity contribution in [1.29, 1.82) is 0 Å². The number of nitrogens with two attached hydrogens (primary N) is 1. The minimum absolute atomic E-state index is 0.167. The van der Waals surface area contributed by atoms with E-state index in [4.69, 9.17) is 15.2 Å². The third-order valence-corrected chi connectivity index (χ3v) is 9.99. The molecule has 4 heterocycles. The number of nitro benzene ring substituents is 1. The van der Waals surface area contributed by atoms with Gasteiger partial charge in [0.25, 0.3) is 11.6 Å². The number of H-pyrrole nitrogens is 1. The van der Waals surface area contributed by atoms with Gasteiger partial charge in [-0.2, -0.15) is 0 Å². The Hall–Kier alpha value is -4.53. The lowest BCUT2D eigenvalue weighted by Gasteiger charge is -2.31. The highest BCUT2D eigenvalue weighted by atomic mass is 32.2. The molecule has 1 atom stereocenters. The number of carbonyl (C=O) groups is 1. The first-order valence-electron chi connectivity index (χ1n) is 14.3. The summed E-state index contributed by atoms with van der Waals surface area (Å²) in [5.74, 6) is -0.718. The highest BCUT2D eigenvalue weighted by Gasteiger charge is 2.31. The Kier molecular flexibility index (Phi) is 8.21. The van der Waals surface area contributed by atoms with E-state index in [1.807, 2.05) is 0 Å². The van der Waals surface area contributed by atoms with Gasteiger partial charge in [0.1, 0.15) is 22.0 Å². The Morgan fingerprint density at radius 2 is 2.00 bits per heavy atom. The fourth-order valence-corrected chi connectivity index (χ4v) is 7.31. The standard InChI is InChI=1S/C30H32N6O7S/c31-29(37)24-2-1-3-27(28(24)43-22-14-20-6-10-32-30(20)34-17-22)44(40,41)23-4-5-25(26(15-23)36(38)39)33-16-19-7-11-35(18-19)21-8-12-42-13-9-21/h1-6,10,14-15,17,19,21,33H,7-9,11-13,16,18H2,(H2,31,37)(H,32,34)/t19-/m1/s1. The normalized spacial score (nSPS) is 18.0. The summed E-state index contributed by atoms with van der Waals surface area (Å²) < 4.78 is 39.2. The largest absolute Gasteiger partial charge is 0.453 e.